The van der Waals surface area contributed by atoms with E-state index in [1.54, 1.807) is 12.1 Å². The van der Waals surface area contributed by atoms with Gasteiger partial charge < -0.3 is 14.5 Å². The van der Waals surface area contributed by atoms with Crippen molar-refractivity contribution in [1.82, 2.24) is 10.2 Å². The van der Waals surface area contributed by atoms with Crippen molar-refractivity contribution >= 4 is 23.4 Å². The maximum absolute atomic E-state index is 13.5. The summed E-state index contributed by atoms with van der Waals surface area (Å²) in [5.74, 6) is -0.200. The van der Waals surface area contributed by atoms with Crippen LogP contribution in [0.2, 0.25) is 0 Å². The third kappa shape index (κ3) is 5.06. The lowest BCUT2D eigenvalue weighted by atomic mass is 10.2. The van der Waals surface area contributed by atoms with E-state index in [1.165, 1.54) is 12.1 Å². The Morgan fingerprint density at radius 3 is 2.88 bits per heavy atom. The molecular formula is C18H16FN3O3S. The number of amides is 1. The minimum atomic E-state index is -0.463. The van der Waals surface area contributed by atoms with E-state index in [0.717, 1.165) is 23.0 Å². The van der Waals surface area contributed by atoms with Gasteiger partial charge >= 0.3 is 0 Å². The van der Waals surface area contributed by atoms with Gasteiger partial charge in [0, 0.05) is 5.69 Å². The van der Waals surface area contributed by atoms with E-state index >= 15 is 0 Å². The van der Waals surface area contributed by atoms with Crippen LogP contribution >= 0.6 is 11.8 Å². The zero-order valence-electron chi connectivity index (χ0n) is 13.9. The molecule has 0 spiro atoms. The van der Waals surface area contributed by atoms with Gasteiger partial charge in [-0.2, -0.15) is 0 Å². The maximum atomic E-state index is 13.5. The lowest BCUT2D eigenvalue weighted by Crippen LogP contribution is -2.13. The molecule has 0 unspecified atom stereocenters. The Morgan fingerprint density at radius 2 is 2.08 bits per heavy atom. The number of hydrogen-bond donors (Lipinski definition) is 1. The molecule has 0 radical (unpaired) electrons. The number of rotatable bonds is 7. The van der Waals surface area contributed by atoms with Crippen LogP contribution < -0.4 is 10.1 Å². The quantitative estimate of drug-likeness (QED) is 0.634. The van der Waals surface area contributed by atoms with Gasteiger partial charge in [-0.05, 0) is 36.8 Å². The van der Waals surface area contributed by atoms with E-state index < -0.39 is 5.82 Å². The average Bonchev–Trinajstić information content (AvgIpc) is 3.07. The minimum absolute atomic E-state index is 0.0516. The minimum Gasteiger partial charge on any atom is -0.481 e. The van der Waals surface area contributed by atoms with Crippen molar-refractivity contribution in [3.05, 3.63) is 65.8 Å². The number of aromatic nitrogens is 2. The van der Waals surface area contributed by atoms with Crippen LogP contribution in [0.25, 0.3) is 0 Å². The number of carbonyl (C=O) groups excluding carboxylic acids is 1. The van der Waals surface area contributed by atoms with E-state index in [0.29, 0.717) is 0 Å². The van der Waals surface area contributed by atoms with Crippen molar-refractivity contribution in [1.29, 1.82) is 0 Å². The molecule has 1 aromatic heterocycles. The smallest absolute Gasteiger partial charge is 0.277 e. The number of nitrogens with one attached hydrogen (secondary N) is 1. The van der Waals surface area contributed by atoms with E-state index in [1.807, 2.05) is 31.2 Å². The highest BCUT2D eigenvalue weighted by Crippen LogP contribution is 2.20. The van der Waals surface area contributed by atoms with Gasteiger partial charge in [-0.3, -0.25) is 4.79 Å². The molecule has 1 amide bonds. The molecule has 0 bridgehead atoms. The first-order valence-corrected chi connectivity index (χ1v) is 8.78. The fourth-order valence-electron chi connectivity index (χ4n) is 2.10. The predicted molar refractivity (Wildman–Crippen MR) is 95.6 cm³/mol. The molecule has 0 aliphatic rings. The molecule has 0 fully saturated rings. The summed E-state index contributed by atoms with van der Waals surface area (Å²) in [6.07, 6.45) is 0. The van der Waals surface area contributed by atoms with Crippen LogP contribution in [-0.2, 0) is 11.4 Å². The molecule has 1 heterocycles. The molecule has 6 nitrogen and oxygen atoms in total. The second-order valence-electron chi connectivity index (χ2n) is 5.39. The number of benzene rings is 2. The summed E-state index contributed by atoms with van der Waals surface area (Å²) in [5.41, 5.74) is 1.80. The summed E-state index contributed by atoms with van der Waals surface area (Å²) < 4.78 is 24.1. The number of hydrogen-bond acceptors (Lipinski definition) is 6. The molecule has 3 aromatic rings. The van der Waals surface area contributed by atoms with Crippen LogP contribution in [0.1, 0.15) is 11.5 Å². The first-order valence-electron chi connectivity index (χ1n) is 7.79. The van der Waals surface area contributed by atoms with Gasteiger partial charge in [-0.1, -0.05) is 36.0 Å². The summed E-state index contributed by atoms with van der Waals surface area (Å²) in [4.78, 5) is 12.0. The van der Waals surface area contributed by atoms with Crippen LogP contribution in [0.5, 0.6) is 5.75 Å². The van der Waals surface area contributed by atoms with Crippen LogP contribution in [0.4, 0.5) is 10.1 Å². The zero-order chi connectivity index (χ0) is 18.4. The molecular weight excluding hydrogens is 357 g/mol. The molecule has 1 N–H and O–H groups in total. The zero-order valence-corrected chi connectivity index (χ0v) is 14.8. The third-order valence-electron chi connectivity index (χ3n) is 3.26. The maximum Gasteiger partial charge on any atom is 0.277 e. The van der Waals surface area contributed by atoms with Gasteiger partial charge in [0.1, 0.15) is 0 Å². The highest BCUT2D eigenvalue weighted by molar-refractivity contribution is 7.99. The summed E-state index contributed by atoms with van der Waals surface area (Å²) in [6, 6.07) is 13.6. The molecule has 0 saturated heterocycles. The number of para-hydroxylation sites is 1. The van der Waals surface area contributed by atoms with Gasteiger partial charge in [0.15, 0.2) is 18.2 Å². The first kappa shape index (κ1) is 17.9. The van der Waals surface area contributed by atoms with Gasteiger partial charge in [0.05, 0.1) is 5.75 Å². The monoisotopic (exact) mass is 373 g/mol. The molecule has 134 valence electrons. The van der Waals surface area contributed by atoms with Gasteiger partial charge in [0.2, 0.25) is 5.91 Å². The predicted octanol–water partition coefficient (Wildman–Crippen LogP) is 3.83. The van der Waals surface area contributed by atoms with E-state index in [4.69, 9.17) is 9.15 Å². The first-order chi connectivity index (χ1) is 12.6. The van der Waals surface area contributed by atoms with Crippen molar-refractivity contribution in [3.63, 3.8) is 0 Å². The molecule has 3 rings (SSSR count). The Morgan fingerprint density at radius 1 is 1.23 bits per heavy atom. The normalized spacial score (nSPS) is 10.5. The van der Waals surface area contributed by atoms with Crippen molar-refractivity contribution in [2.45, 2.75) is 18.8 Å². The van der Waals surface area contributed by atoms with E-state index in [-0.39, 0.29) is 35.1 Å². The van der Waals surface area contributed by atoms with E-state index in [9.17, 15) is 9.18 Å². The Balaban J connectivity index is 1.47. The Hall–Kier alpha value is -2.87. The number of carbonyl (C=O) groups is 1. The molecule has 0 aliphatic carbocycles. The second-order valence-corrected chi connectivity index (χ2v) is 6.31. The van der Waals surface area contributed by atoms with Gasteiger partial charge in [-0.15, -0.1) is 10.2 Å². The molecule has 0 atom stereocenters. The second kappa shape index (κ2) is 8.48. The van der Waals surface area contributed by atoms with Crippen LogP contribution in [0.15, 0.2) is 58.2 Å². The number of thioether (sulfide) groups is 1. The lowest BCUT2D eigenvalue weighted by Gasteiger charge is -2.04. The molecule has 26 heavy (non-hydrogen) atoms. The standard InChI is InChI=1S/C18H16FN3O3S/c1-12-5-4-6-13(9-12)20-16(23)11-26-18-22-21-17(25-18)10-24-15-8-3-2-7-14(15)19/h2-9H,10-11H2,1H3,(H,20,23). The Bertz CT molecular complexity index is 901. The van der Waals surface area contributed by atoms with Gasteiger partial charge in [0.25, 0.3) is 11.1 Å². The fraction of sp³-hybridized carbons (Fsp3) is 0.167. The average molecular weight is 373 g/mol. The van der Waals surface area contributed by atoms with Crippen molar-refractivity contribution in [3.8, 4) is 5.75 Å². The van der Waals surface area contributed by atoms with Crippen LogP contribution in [-0.4, -0.2) is 21.9 Å². The Labute approximate surface area is 153 Å². The van der Waals surface area contributed by atoms with Gasteiger partial charge in [-0.25, -0.2) is 4.39 Å². The lowest BCUT2D eigenvalue weighted by molar-refractivity contribution is -0.113. The Kier molecular flexibility index (Phi) is 5.85. The number of ether oxygens (including phenoxy) is 1. The third-order valence-corrected chi connectivity index (χ3v) is 4.08. The summed E-state index contributed by atoms with van der Waals surface area (Å²) in [7, 11) is 0. The summed E-state index contributed by atoms with van der Waals surface area (Å²) in [5, 5.41) is 10.7. The fourth-order valence-corrected chi connectivity index (χ4v) is 2.68. The molecule has 0 saturated carbocycles. The largest absolute Gasteiger partial charge is 0.481 e. The molecule has 0 aliphatic heterocycles. The van der Waals surface area contributed by atoms with Crippen LogP contribution in [0, 0.1) is 12.7 Å². The number of aryl methyl sites for hydroxylation is 1. The summed E-state index contributed by atoms with van der Waals surface area (Å²) >= 11 is 1.12. The molecule has 2 aromatic carbocycles. The number of nitrogens with zero attached hydrogens (tertiary/aromatic N) is 2. The highest BCUT2D eigenvalue weighted by Gasteiger charge is 2.11. The van der Waals surface area contributed by atoms with Crippen molar-refractivity contribution < 1.29 is 18.3 Å². The van der Waals surface area contributed by atoms with Crippen molar-refractivity contribution in [2.75, 3.05) is 11.1 Å². The van der Waals surface area contributed by atoms with Crippen LogP contribution in [0.3, 0.4) is 0 Å². The topological polar surface area (TPSA) is 77.2 Å². The van der Waals surface area contributed by atoms with Crippen molar-refractivity contribution in [2.24, 2.45) is 0 Å². The number of halogens is 1. The SMILES string of the molecule is Cc1cccc(NC(=O)CSc2nnc(COc3ccccc3F)o2)c1. The molecule has 8 heteroatoms. The highest BCUT2D eigenvalue weighted by atomic mass is 32.2. The van der Waals surface area contributed by atoms with E-state index in [2.05, 4.69) is 15.5 Å². The summed E-state index contributed by atoms with van der Waals surface area (Å²) in [6.45, 7) is 1.90. The number of anilines is 1.